The largest absolute Gasteiger partial charge is 0.495 e. The molecule has 0 heterocycles. The van der Waals surface area contributed by atoms with E-state index in [4.69, 9.17) is 4.74 Å². The number of hydrogen-bond acceptors (Lipinski definition) is 2. The van der Waals surface area contributed by atoms with Gasteiger partial charge in [-0.25, -0.2) is 4.39 Å². The van der Waals surface area contributed by atoms with E-state index in [2.05, 4.69) is 26.1 Å². The van der Waals surface area contributed by atoms with E-state index in [9.17, 15) is 9.18 Å². The van der Waals surface area contributed by atoms with Gasteiger partial charge in [0, 0.05) is 0 Å². The first-order valence-corrected chi connectivity index (χ1v) is 7.52. The number of carbonyl (C=O) groups is 1. The van der Waals surface area contributed by atoms with Gasteiger partial charge in [0.05, 0.1) is 19.2 Å². The normalized spacial score (nSPS) is 11.2. The Hall–Kier alpha value is -2.36. The van der Waals surface area contributed by atoms with E-state index >= 15 is 0 Å². The molecule has 0 unspecified atom stereocenters. The molecule has 0 saturated heterocycles. The number of nitrogens with one attached hydrogen (secondary N) is 1. The third-order valence-electron chi connectivity index (χ3n) is 3.59. The lowest BCUT2D eigenvalue weighted by Crippen LogP contribution is -2.17. The average Bonchev–Trinajstić information content (AvgIpc) is 2.46. The fourth-order valence-corrected chi connectivity index (χ4v) is 2.30. The SMILES string of the molecule is COc1ccc(C(C)(C)C)cc1NC(=O)Cc1cccc(F)c1. The molecule has 0 aliphatic carbocycles. The maximum Gasteiger partial charge on any atom is 0.228 e. The van der Waals surface area contributed by atoms with Crippen molar-refractivity contribution in [1.29, 1.82) is 0 Å². The van der Waals surface area contributed by atoms with Crippen molar-refractivity contribution in [2.24, 2.45) is 0 Å². The Kier molecular flexibility index (Phi) is 5.04. The summed E-state index contributed by atoms with van der Waals surface area (Å²) in [6, 6.07) is 11.8. The Labute approximate surface area is 136 Å². The van der Waals surface area contributed by atoms with Crippen LogP contribution in [0.15, 0.2) is 42.5 Å². The summed E-state index contributed by atoms with van der Waals surface area (Å²) in [6.07, 6.45) is 0.112. The van der Waals surface area contributed by atoms with Crippen LogP contribution >= 0.6 is 0 Å². The molecule has 3 nitrogen and oxygen atoms in total. The number of amides is 1. The van der Waals surface area contributed by atoms with Gasteiger partial charge in [-0.15, -0.1) is 0 Å². The van der Waals surface area contributed by atoms with Crippen molar-refractivity contribution in [3.63, 3.8) is 0 Å². The zero-order valence-electron chi connectivity index (χ0n) is 13.9. The molecule has 0 spiro atoms. The highest BCUT2D eigenvalue weighted by Gasteiger charge is 2.17. The molecular formula is C19H22FNO2. The Morgan fingerprint density at radius 2 is 1.91 bits per heavy atom. The maximum atomic E-state index is 13.2. The van der Waals surface area contributed by atoms with Gasteiger partial charge in [0.15, 0.2) is 0 Å². The summed E-state index contributed by atoms with van der Waals surface area (Å²) in [5.41, 5.74) is 2.32. The highest BCUT2D eigenvalue weighted by Crippen LogP contribution is 2.31. The van der Waals surface area contributed by atoms with Crippen molar-refractivity contribution in [1.82, 2.24) is 0 Å². The lowest BCUT2D eigenvalue weighted by Gasteiger charge is -2.21. The van der Waals surface area contributed by atoms with Crippen LogP contribution in [0.1, 0.15) is 31.9 Å². The number of methoxy groups -OCH3 is 1. The minimum Gasteiger partial charge on any atom is -0.495 e. The van der Waals surface area contributed by atoms with Gasteiger partial charge in [0.25, 0.3) is 0 Å². The van der Waals surface area contributed by atoms with Gasteiger partial charge >= 0.3 is 0 Å². The van der Waals surface area contributed by atoms with Gasteiger partial charge in [-0.05, 0) is 40.8 Å². The van der Waals surface area contributed by atoms with Gasteiger partial charge in [-0.2, -0.15) is 0 Å². The van der Waals surface area contributed by atoms with Crippen molar-refractivity contribution < 1.29 is 13.9 Å². The third-order valence-corrected chi connectivity index (χ3v) is 3.59. The van der Waals surface area contributed by atoms with Crippen LogP contribution in [-0.2, 0) is 16.6 Å². The molecule has 0 saturated carbocycles. The van der Waals surface area contributed by atoms with Crippen LogP contribution < -0.4 is 10.1 Å². The first-order chi connectivity index (χ1) is 10.8. The van der Waals surface area contributed by atoms with E-state index < -0.39 is 0 Å². The molecule has 0 fully saturated rings. The van der Waals surface area contributed by atoms with Gasteiger partial charge in [0.2, 0.25) is 5.91 Å². The standard InChI is InChI=1S/C19H22FNO2/c1-19(2,3)14-8-9-17(23-4)16(12-14)21-18(22)11-13-6-5-7-15(20)10-13/h5-10,12H,11H2,1-4H3,(H,21,22). The molecular weight excluding hydrogens is 293 g/mol. The Balaban J connectivity index is 2.19. The minimum atomic E-state index is -0.345. The molecule has 0 aliphatic rings. The molecule has 0 radical (unpaired) electrons. The molecule has 4 heteroatoms. The summed E-state index contributed by atoms with van der Waals surface area (Å²) in [7, 11) is 1.56. The molecule has 1 amide bonds. The van der Waals surface area contributed by atoms with E-state index in [-0.39, 0.29) is 23.6 Å². The van der Waals surface area contributed by atoms with Gasteiger partial charge < -0.3 is 10.1 Å². The molecule has 2 aromatic carbocycles. The number of hydrogen-bond donors (Lipinski definition) is 1. The topological polar surface area (TPSA) is 38.3 Å². The van der Waals surface area contributed by atoms with Crippen molar-refractivity contribution in [2.45, 2.75) is 32.6 Å². The van der Waals surface area contributed by atoms with Crippen molar-refractivity contribution in [3.8, 4) is 5.75 Å². The van der Waals surface area contributed by atoms with Crippen LogP contribution in [0, 0.1) is 5.82 Å². The first-order valence-electron chi connectivity index (χ1n) is 7.52. The second-order valence-electron chi connectivity index (χ2n) is 6.52. The number of halogens is 1. The second-order valence-corrected chi connectivity index (χ2v) is 6.52. The van der Waals surface area contributed by atoms with E-state index in [1.165, 1.54) is 12.1 Å². The van der Waals surface area contributed by atoms with Crippen LogP contribution in [0.2, 0.25) is 0 Å². The van der Waals surface area contributed by atoms with Gasteiger partial charge in [-0.1, -0.05) is 39.0 Å². The summed E-state index contributed by atoms with van der Waals surface area (Å²) >= 11 is 0. The number of benzene rings is 2. The van der Waals surface area contributed by atoms with E-state index in [0.717, 1.165) is 5.56 Å². The van der Waals surface area contributed by atoms with Crippen molar-refractivity contribution in [2.75, 3.05) is 12.4 Å². The lowest BCUT2D eigenvalue weighted by atomic mass is 9.87. The number of anilines is 1. The first kappa shape index (κ1) is 17.0. The summed E-state index contributed by atoms with van der Waals surface area (Å²) in [5, 5.41) is 2.86. The van der Waals surface area contributed by atoms with Crippen molar-refractivity contribution in [3.05, 3.63) is 59.4 Å². The van der Waals surface area contributed by atoms with E-state index in [1.807, 2.05) is 18.2 Å². The zero-order chi connectivity index (χ0) is 17.0. The van der Waals surface area contributed by atoms with Gasteiger partial charge in [-0.3, -0.25) is 4.79 Å². The lowest BCUT2D eigenvalue weighted by molar-refractivity contribution is -0.115. The smallest absolute Gasteiger partial charge is 0.228 e. The molecule has 122 valence electrons. The Morgan fingerprint density at radius 1 is 1.17 bits per heavy atom. The molecule has 1 N–H and O–H groups in total. The van der Waals surface area contributed by atoms with Crippen LogP contribution in [0.4, 0.5) is 10.1 Å². The molecule has 0 bridgehead atoms. The highest BCUT2D eigenvalue weighted by molar-refractivity contribution is 5.93. The minimum absolute atomic E-state index is 0.0334. The molecule has 0 atom stereocenters. The summed E-state index contributed by atoms with van der Waals surface area (Å²) in [4.78, 5) is 12.2. The zero-order valence-corrected chi connectivity index (χ0v) is 13.9. The molecule has 0 aliphatic heterocycles. The summed E-state index contributed by atoms with van der Waals surface area (Å²) < 4.78 is 18.5. The average molecular weight is 315 g/mol. The van der Waals surface area contributed by atoms with Crippen LogP contribution in [0.5, 0.6) is 5.75 Å². The van der Waals surface area contributed by atoms with E-state index in [1.54, 1.807) is 19.2 Å². The predicted molar refractivity (Wildman–Crippen MR) is 90.4 cm³/mol. The Morgan fingerprint density at radius 3 is 2.52 bits per heavy atom. The van der Waals surface area contributed by atoms with Crippen LogP contribution in [0.3, 0.4) is 0 Å². The van der Waals surface area contributed by atoms with Crippen LogP contribution in [-0.4, -0.2) is 13.0 Å². The summed E-state index contributed by atoms with van der Waals surface area (Å²) in [5.74, 6) is 0.0492. The predicted octanol–water partition coefficient (Wildman–Crippen LogP) is 4.31. The Bertz CT molecular complexity index is 705. The second kappa shape index (κ2) is 6.82. The fraction of sp³-hybridized carbons (Fsp3) is 0.316. The van der Waals surface area contributed by atoms with Crippen LogP contribution in [0.25, 0.3) is 0 Å². The number of rotatable bonds is 4. The maximum absolute atomic E-state index is 13.2. The monoisotopic (exact) mass is 315 g/mol. The highest BCUT2D eigenvalue weighted by atomic mass is 19.1. The molecule has 2 rings (SSSR count). The fourth-order valence-electron chi connectivity index (χ4n) is 2.30. The van der Waals surface area contributed by atoms with E-state index in [0.29, 0.717) is 17.0 Å². The molecule has 0 aromatic heterocycles. The number of carbonyl (C=O) groups excluding carboxylic acids is 1. The quantitative estimate of drug-likeness (QED) is 0.913. The summed E-state index contributed by atoms with van der Waals surface area (Å²) in [6.45, 7) is 6.31. The number of ether oxygens (including phenoxy) is 1. The third kappa shape index (κ3) is 4.55. The molecule has 2 aromatic rings. The van der Waals surface area contributed by atoms with Crippen molar-refractivity contribution >= 4 is 11.6 Å². The van der Waals surface area contributed by atoms with Gasteiger partial charge in [0.1, 0.15) is 11.6 Å². The molecule has 23 heavy (non-hydrogen) atoms.